The summed E-state index contributed by atoms with van der Waals surface area (Å²) in [6.07, 6.45) is 4.17. The van der Waals surface area contributed by atoms with Crippen LogP contribution in [0.2, 0.25) is 0 Å². The van der Waals surface area contributed by atoms with Crippen molar-refractivity contribution in [1.29, 1.82) is 0 Å². The van der Waals surface area contributed by atoms with Crippen molar-refractivity contribution in [2.24, 2.45) is 0 Å². The summed E-state index contributed by atoms with van der Waals surface area (Å²) in [7, 11) is 1.63. The first-order valence-electron chi connectivity index (χ1n) is 9.46. The van der Waals surface area contributed by atoms with Crippen molar-refractivity contribution in [1.82, 2.24) is 4.90 Å². The summed E-state index contributed by atoms with van der Waals surface area (Å²) in [6, 6.07) is 3.89. The molecule has 4 rings (SSSR count). The first kappa shape index (κ1) is 18.2. The topological polar surface area (TPSA) is 68.2 Å². The number of hydrogen-bond acceptors (Lipinski definition) is 5. The van der Waals surface area contributed by atoms with Crippen LogP contribution in [0.25, 0.3) is 0 Å². The lowest BCUT2D eigenvalue weighted by molar-refractivity contribution is 0.0212. The van der Waals surface area contributed by atoms with E-state index in [9.17, 15) is 9.90 Å². The van der Waals surface area contributed by atoms with E-state index in [2.05, 4.69) is 6.08 Å². The highest BCUT2D eigenvalue weighted by atomic mass is 16.6. The molecule has 0 saturated heterocycles. The van der Waals surface area contributed by atoms with Gasteiger partial charge in [0.2, 0.25) is 0 Å². The van der Waals surface area contributed by atoms with Crippen LogP contribution in [0.4, 0.5) is 4.79 Å². The molecule has 0 fully saturated rings. The van der Waals surface area contributed by atoms with E-state index < -0.39 is 11.7 Å². The molecule has 27 heavy (non-hydrogen) atoms. The molecule has 0 saturated carbocycles. The first-order chi connectivity index (χ1) is 12.7. The quantitative estimate of drug-likeness (QED) is 0.766. The van der Waals surface area contributed by atoms with E-state index >= 15 is 0 Å². The van der Waals surface area contributed by atoms with Gasteiger partial charge in [0.15, 0.2) is 11.5 Å². The Bertz CT molecular complexity index is 796. The van der Waals surface area contributed by atoms with E-state index in [1.165, 1.54) is 0 Å². The van der Waals surface area contributed by atoms with Crippen LogP contribution in [0.3, 0.4) is 0 Å². The molecule has 1 amide bonds. The van der Waals surface area contributed by atoms with Gasteiger partial charge in [-0.25, -0.2) is 4.79 Å². The van der Waals surface area contributed by atoms with Crippen molar-refractivity contribution in [3.8, 4) is 11.5 Å². The summed E-state index contributed by atoms with van der Waals surface area (Å²) in [6.45, 7) is 6.65. The second-order valence-corrected chi connectivity index (χ2v) is 8.59. The predicted octanol–water partition coefficient (Wildman–Crippen LogP) is 3.16. The molecule has 6 heteroatoms. The van der Waals surface area contributed by atoms with Gasteiger partial charge in [-0.1, -0.05) is 18.2 Å². The third-order valence-corrected chi connectivity index (χ3v) is 5.61. The van der Waals surface area contributed by atoms with Gasteiger partial charge in [0, 0.05) is 25.1 Å². The number of carbonyl (C=O) groups excluding carboxylic acids is 1. The highest BCUT2D eigenvalue weighted by molar-refractivity contribution is 5.69. The Morgan fingerprint density at radius 3 is 2.85 bits per heavy atom. The minimum atomic E-state index is -0.535. The Balaban J connectivity index is 1.77. The van der Waals surface area contributed by atoms with Crippen molar-refractivity contribution in [3.05, 3.63) is 35.4 Å². The van der Waals surface area contributed by atoms with Gasteiger partial charge in [-0.2, -0.15) is 0 Å². The fraction of sp³-hybridized carbons (Fsp3) is 0.571. The molecule has 0 unspecified atom stereocenters. The van der Waals surface area contributed by atoms with E-state index in [4.69, 9.17) is 14.2 Å². The fourth-order valence-corrected chi connectivity index (χ4v) is 4.42. The Morgan fingerprint density at radius 1 is 1.37 bits per heavy atom. The maximum absolute atomic E-state index is 12.7. The molecule has 1 aromatic carbocycles. The van der Waals surface area contributed by atoms with Crippen LogP contribution in [-0.2, 0) is 16.7 Å². The van der Waals surface area contributed by atoms with Gasteiger partial charge in [-0.15, -0.1) is 0 Å². The molecule has 3 aliphatic rings. The van der Waals surface area contributed by atoms with Crippen LogP contribution < -0.4 is 9.47 Å². The van der Waals surface area contributed by atoms with Crippen LogP contribution in [0.5, 0.6) is 11.5 Å². The first-order valence-corrected chi connectivity index (χ1v) is 9.46. The second-order valence-electron chi connectivity index (χ2n) is 8.59. The summed E-state index contributed by atoms with van der Waals surface area (Å²) in [5, 5.41) is 10.1. The number of methoxy groups -OCH3 is 1. The van der Waals surface area contributed by atoms with Gasteiger partial charge >= 0.3 is 6.09 Å². The van der Waals surface area contributed by atoms with Crippen LogP contribution >= 0.6 is 0 Å². The van der Waals surface area contributed by atoms with Crippen LogP contribution in [-0.4, -0.2) is 47.6 Å². The van der Waals surface area contributed by atoms with Crippen LogP contribution in [0.1, 0.15) is 44.7 Å². The Kier molecular flexibility index (Phi) is 4.14. The summed E-state index contributed by atoms with van der Waals surface area (Å²) >= 11 is 0. The van der Waals surface area contributed by atoms with Crippen LogP contribution in [0.15, 0.2) is 24.3 Å². The van der Waals surface area contributed by atoms with Gasteiger partial charge < -0.3 is 24.2 Å². The van der Waals surface area contributed by atoms with Crippen molar-refractivity contribution < 1.29 is 24.1 Å². The molecular formula is C21H27NO5. The molecule has 0 radical (unpaired) electrons. The molecule has 1 aromatic rings. The maximum Gasteiger partial charge on any atom is 0.410 e. The van der Waals surface area contributed by atoms with Crippen molar-refractivity contribution in [3.63, 3.8) is 0 Å². The lowest BCUT2D eigenvalue weighted by atomic mass is 9.69. The average Bonchev–Trinajstić information content (AvgIpc) is 2.81. The zero-order valence-electron chi connectivity index (χ0n) is 16.3. The molecule has 1 aliphatic carbocycles. The number of aliphatic hydroxyl groups excluding tert-OH is 1. The largest absolute Gasteiger partial charge is 0.493 e. The second kappa shape index (κ2) is 6.16. The zero-order valence-corrected chi connectivity index (χ0v) is 16.3. The predicted molar refractivity (Wildman–Crippen MR) is 100 cm³/mol. The Hall–Kier alpha value is -2.21. The number of amides is 1. The maximum atomic E-state index is 12.7. The lowest BCUT2D eigenvalue weighted by Crippen LogP contribution is -2.43. The van der Waals surface area contributed by atoms with E-state index in [0.717, 1.165) is 16.9 Å². The third-order valence-electron chi connectivity index (χ3n) is 5.61. The van der Waals surface area contributed by atoms with Gasteiger partial charge in [-0.05, 0) is 38.8 Å². The highest BCUT2D eigenvalue weighted by Crippen LogP contribution is 2.55. The highest BCUT2D eigenvalue weighted by Gasteiger charge is 2.53. The SMILES string of the molecule is COc1ccc2c3c1O[C@H]1C[C@H](O)C=C[C@@]31CCN(C(=O)OC(C)(C)C)C2. The Morgan fingerprint density at radius 2 is 2.15 bits per heavy atom. The number of ether oxygens (including phenoxy) is 3. The summed E-state index contributed by atoms with van der Waals surface area (Å²) < 4.78 is 17.4. The van der Waals surface area contributed by atoms with E-state index in [0.29, 0.717) is 31.7 Å². The molecule has 6 nitrogen and oxygen atoms in total. The van der Waals surface area contributed by atoms with E-state index in [1.54, 1.807) is 12.0 Å². The molecule has 2 heterocycles. The zero-order chi connectivity index (χ0) is 19.4. The fourth-order valence-electron chi connectivity index (χ4n) is 4.42. The number of rotatable bonds is 1. The number of benzene rings is 1. The molecule has 0 bridgehead atoms. The molecule has 146 valence electrons. The Labute approximate surface area is 159 Å². The molecule has 1 spiro atoms. The number of hydrogen-bond donors (Lipinski definition) is 1. The molecule has 3 atom stereocenters. The normalized spacial score (nSPS) is 28.7. The standard InChI is InChI=1S/C21H27NO5/c1-20(2,3)27-19(24)22-10-9-21-8-7-14(23)11-16(21)26-18-15(25-4)6-5-13(12-22)17(18)21/h5-8,14,16,23H,9-12H2,1-4H3/t14-,16+,21+/m1/s1. The minimum Gasteiger partial charge on any atom is -0.493 e. The number of aliphatic hydroxyl groups is 1. The van der Waals surface area contributed by atoms with Crippen molar-refractivity contribution in [2.75, 3.05) is 13.7 Å². The van der Waals surface area contributed by atoms with E-state index in [-0.39, 0.29) is 17.6 Å². The third kappa shape index (κ3) is 2.96. The van der Waals surface area contributed by atoms with Crippen LogP contribution in [0, 0.1) is 0 Å². The summed E-state index contributed by atoms with van der Waals surface area (Å²) in [5.74, 6) is 1.43. The number of carbonyl (C=O) groups is 1. The molecular weight excluding hydrogens is 346 g/mol. The molecule has 0 aromatic heterocycles. The summed E-state index contributed by atoms with van der Waals surface area (Å²) in [4.78, 5) is 14.5. The van der Waals surface area contributed by atoms with Crippen molar-refractivity contribution >= 4 is 6.09 Å². The van der Waals surface area contributed by atoms with Gasteiger partial charge in [-0.3, -0.25) is 0 Å². The van der Waals surface area contributed by atoms with Gasteiger partial charge in [0.05, 0.1) is 18.6 Å². The van der Waals surface area contributed by atoms with E-state index in [1.807, 2.05) is 39.0 Å². The number of nitrogens with zero attached hydrogens (tertiary/aromatic N) is 1. The molecule has 1 N–H and O–H groups in total. The minimum absolute atomic E-state index is 0.166. The molecule has 2 aliphatic heterocycles. The lowest BCUT2D eigenvalue weighted by Gasteiger charge is -2.35. The average molecular weight is 373 g/mol. The van der Waals surface area contributed by atoms with Gasteiger partial charge in [0.1, 0.15) is 11.7 Å². The monoisotopic (exact) mass is 373 g/mol. The van der Waals surface area contributed by atoms with Crippen molar-refractivity contribution in [2.45, 2.75) is 63.4 Å². The smallest absolute Gasteiger partial charge is 0.410 e. The summed E-state index contributed by atoms with van der Waals surface area (Å²) in [5.41, 5.74) is 1.24. The van der Waals surface area contributed by atoms with Gasteiger partial charge in [0.25, 0.3) is 0 Å².